The highest BCUT2D eigenvalue weighted by molar-refractivity contribution is 7.99. The maximum Gasteiger partial charge on any atom is 0.230 e. The number of aromatic amines is 1. The van der Waals surface area contributed by atoms with E-state index in [9.17, 15) is 4.79 Å². The number of benzene rings is 1. The Hall–Kier alpha value is -2.15. The number of hydrogen-bond acceptors (Lipinski definition) is 5. The van der Waals surface area contributed by atoms with Crippen molar-refractivity contribution in [2.45, 2.75) is 32.0 Å². The molecular weight excluding hydrogens is 310 g/mol. The molecule has 0 aliphatic carbocycles. The molecular formula is C16H19N5OS. The largest absolute Gasteiger partial charge is 0.353 e. The van der Waals surface area contributed by atoms with Crippen molar-refractivity contribution in [2.24, 2.45) is 5.92 Å². The van der Waals surface area contributed by atoms with Crippen molar-refractivity contribution in [3.63, 3.8) is 0 Å². The Morgan fingerprint density at radius 1 is 1.26 bits per heavy atom. The fourth-order valence-electron chi connectivity index (χ4n) is 2.16. The van der Waals surface area contributed by atoms with Gasteiger partial charge in [-0.3, -0.25) is 4.79 Å². The first-order chi connectivity index (χ1) is 11.0. The van der Waals surface area contributed by atoms with Crippen LogP contribution in [-0.2, 0) is 4.79 Å². The number of H-pyrrole nitrogens is 1. The standard InChI is InChI=1S/C16H19N5OS/c1-9(2)10(3)17-13(22)8-23-16-19-15-14(20-21-16)11-6-4-5-7-12(11)18-15/h4-7,9-10H,8H2,1-3H3,(H,17,22)(H,18,19,21)/t10-/m0/s1. The molecule has 1 amide bonds. The summed E-state index contributed by atoms with van der Waals surface area (Å²) in [5, 5.41) is 12.8. The number of thioether (sulfide) groups is 1. The number of para-hydroxylation sites is 1. The van der Waals surface area contributed by atoms with Crippen molar-refractivity contribution >= 4 is 39.7 Å². The molecule has 0 radical (unpaired) electrons. The minimum Gasteiger partial charge on any atom is -0.353 e. The molecule has 23 heavy (non-hydrogen) atoms. The van der Waals surface area contributed by atoms with Gasteiger partial charge in [-0.05, 0) is 18.9 Å². The number of carbonyl (C=O) groups excluding carboxylic acids is 1. The minimum absolute atomic E-state index is 0.0171. The Labute approximate surface area is 138 Å². The molecule has 0 saturated carbocycles. The van der Waals surface area contributed by atoms with E-state index >= 15 is 0 Å². The van der Waals surface area contributed by atoms with E-state index in [-0.39, 0.29) is 17.7 Å². The van der Waals surface area contributed by atoms with Crippen molar-refractivity contribution in [3.8, 4) is 0 Å². The predicted molar refractivity (Wildman–Crippen MR) is 92.4 cm³/mol. The van der Waals surface area contributed by atoms with E-state index in [1.165, 1.54) is 11.8 Å². The van der Waals surface area contributed by atoms with Crippen LogP contribution >= 0.6 is 11.8 Å². The zero-order chi connectivity index (χ0) is 16.4. The van der Waals surface area contributed by atoms with Crippen molar-refractivity contribution in [1.82, 2.24) is 25.5 Å². The minimum atomic E-state index is -0.0171. The number of amides is 1. The van der Waals surface area contributed by atoms with E-state index in [1.807, 2.05) is 31.2 Å². The molecule has 0 saturated heterocycles. The van der Waals surface area contributed by atoms with Gasteiger partial charge in [0.1, 0.15) is 5.52 Å². The normalized spacial score (nSPS) is 12.9. The summed E-state index contributed by atoms with van der Waals surface area (Å²) in [7, 11) is 0. The topological polar surface area (TPSA) is 83.6 Å². The average molecular weight is 329 g/mol. The number of nitrogens with zero attached hydrogens (tertiary/aromatic N) is 3. The summed E-state index contributed by atoms with van der Waals surface area (Å²) in [5.41, 5.74) is 2.43. The smallest absolute Gasteiger partial charge is 0.230 e. The van der Waals surface area contributed by atoms with Crippen molar-refractivity contribution in [1.29, 1.82) is 0 Å². The molecule has 2 aromatic heterocycles. The molecule has 6 nitrogen and oxygen atoms in total. The lowest BCUT2D eigenvalue weighted by molar-refractivity contribution is -0.119. The molecule has 2 N–H and O–H groups in total. The van der Waals surface area contributed by atoms with Gasteiger partial charge in [-0.2, -0.15) is 0 Å². The van der Waals surface area contributed by atoms with E-state index in [4.69, 9.17) is 0 Å². The highest BCUT2D eigenvalue weighted by atomic mass is 32.2. The number of nitrogens with one attached hydrogen (secondary N) is 2. The molecule has 0 fully saturated rings. The van der Waals surface area contributed by atoms with E-state index in [1.54, 1.807) is 0 Å². The Morgan fingerprint density at radius 3 is 2.83 bits per heavy atom. The summed E-state index contributed by atoms with van der Waals surface area (Å²) in [4.78, 5) is 19.6. The maximum atomic E-state index is 11.9. The zero-order valence-corrected chi connectivity index (χ0v) is 14.1. The molecule has 0 unspecified atom stereocenters. The first-order valence-electron chi connectivity index (χ1n) is 7.58. The second-order valence-corrected chi connectivity index (χ2v) is 6.79. The van der Waals surface area contributed by atoms with Crippen LogP contribution in [0.15, 0.2) is 29.4 Å². The number of aromatic nitrogens is 4. The molecule has 0 bridgehead atoms. The highest BCUT2D eigenvalue weighted by Gasteiger charge is 2.13. The van der Waals surface area contributed by atoms with E-state index in [2.05, 4.69) is 39.3 Å². The fourth-order valence-corrected chi connectivity index (χ4v) is 2.76. The van der Waals surface area contributed by atoms with Crippen LogP contribution in [0.3, 0.4) is 0 Å². The van der Waals surface area contributed by atoms with Gasteiger partial charge in [0.25, 0.3) is 0 Å². The van der Waals surface area contributed by atoms with Gasteiger partial charge in [-0.25, -0.2) is 4.98 Å². The summed E-state index contributed by atoms with van der Waals surface area (Å²) < 4.78 is 0. The van der Waals surface area contributed by atoms with Gasteiger partial charge in [0.05, 0.1) is 5.75 Å². The van der Waals surface area contributed by atoms with Gasteiger partial charge in [-0.15, -0.1) is 10.2 Å². The quantitative estimate of drug-likeness (QED) is 0.703. The van der Waals surface area contributed by atoms with Gasteiger partial charge >= 0.3 is 0 Å². The van der Waals surface area contributed by atoms with Crippen LogP contribution in [0.4, 0.5) is 0 Å². The van der Waals surface area contributed by atoms with Crippen LogP contribution in [0.25, 0.3) is 22.1 Å². The van der Waals surface area contributed by atoms with Gasteiger partial charge < -0.3 is 10.3 Å². The number of fused-ring (bicyclic) bond motifs is 3. The number of rotatable bonds is 5. The monoisotopic (exact) mass is 329 g/mol. The summed E-state index contributed by atoms with van der Waals surface area (Å²) >= 11 is 1.29. The van der Waals surface area contributed by atoms with Crippen LogP contribution in [-0.4, -0.2) is 37.9 Å². The second-order valence-electron chi connectivity index (χ2n) is 5.85. The van der Waals surface area contributed by atoms with Crippen LogP contribution in [0.1, 0.15) is 20.8 Å². The third-order valence-electron chi connectivity index (χ3n) is 3.82. The molecule has 0 spiro atoms. The third kappa shape index (κ3) is 3.44. The number of hydrogen-bond donors (Lipinski definition) is 2. The lowest BCUT2D eigenvalue weighted by Crippen LogP contribution is -2.37. The van der Waals surface area contributed by atoms with Gasteiger partial charge in [0.15, 0.2) is 5.65 Å². The number of carbonyl (C=O) groups is 1. The van der Waals surface area contributed by atoms with Crippen molar-refractivity contribution in [3.05, 3.63) is 24.3 Å². The molecule has 1 aromatic carbocycles. The van der Waals surface area contributed by atoms with Crippen LogP contribution < -0.4 is 5.32 Å². The van der Waals surface area contributed by atoms with Crippen LogP contribution in [0.2, 0.25) is 0 Å². The van der Waals surface area contributed by atoms with Gasteiger partial charge in [-0.1, -0.05) is 43.8 Å². The Balaban J connectivity index is 1.71. The van der Waals surface area contributed by atoms with Crippen molar-refractivity contribution in [2.75, 3.05) is 5.75 Å². The van der Waals surface area contributed by atoms with Gasteiger partial charge in [0.2, 0.25) is 11.1 Å². The summed E-state index contributed by atoms with van der Waals surface area (Å²) in [6.07, 6.45) is 0. The van der Waals surface area contributed by atoms with E-state index in [0.29, 0.717) is 16.7 Å². The average Bonchev–Trinajstić information content (AvgIpc) is 2.90. The Morgan fingerprint density at radius 2 is 2.04 bits per heavy atom. The van der Waals surface area contributed by atoms with Crippen molar-refractivity contribution < 1.29 is 4.79 Å². The zero-order valence-electron chi connectivity index (χ0n) is 13.3. The predicted octanol–water partition coefficient (Wildman–Crippen LogP) is 2.76. The lowest BCUT2D eigenvalue weighted by atomic mass is 10.1. The molecule has 0 aliphatic heterocycles. The Bertz CT molecular complexity index is 845. The maximum absolute atomic E-state index is 11.9. The van der Waals surface area contributed by atoms with E-state index < -0.39 is 0 Å². The fraction of sp³-hybridized carbons (Fsp3) is 0.375. The summed E-state index contributed by atoms with van der Waals surface area (Å²) in [6, 6.07) is 8.03. The molecule has 7 heteroatoms. The molecule has 2 heterocycles. The lowest BCUT2D eigenvalue weighted by Gasteiger charge is -2.16. The first kappa shape index (κ1) is 15.7. The van der Waals surface area contributed by atoms with Gasteiger partial charge in [0, 0.05) is 16.9 Å². The van der Waals surface area contributed by atoms with Crippen LogP contribution in [0, 0.1) is 5.92 Å². The highest BCUT2D eigenvalue weighted by Crippen LogP contribution is 2.23. The molecule has 0 aliphatic rings. The first-order valence-corrected chi connectivity index (χ1v) is 8.56. The molecule has 1 atom stereocenters. The third-order valence-corrected chi connectivity index (χ3v) is 4.66. The van der Waals surface area contributed by atoms with E-state index in [0.717, 1.165) is 16.4 Å². The summed E-state index contributed by atoms with van der Waals surface area (Å²) in [5.74, 6) is 0.672. The SMILES string of the molecule is CC(C)[C@H](C)NC(=O)CSc1nnc2c(n1)[nH]c1ccccc12. The molecule has 120 valence electrons. The second kappa shape index (κ2) is 6.54. The van der Waals surface area contributed by atoms with Crippen LogP contribution in [0.5, 0.6) is 0 Å². The molecule has 3 aromatic rings. The Kier molecular flexibility index (Phi) is 4.47. The summed E-state index contributed by atoms with van der Waals surface area (Å²) in [6.45, 7) is 6.16. The molecule has 3 rings (SSSR count).